The number of methoxy groups -OCH3 is 1. The van der Waals surface area contributed by atoms with E-state index in [1.807, 2.05) is 0 Å². The Morgan fingerprint density at radius 3 is 2.95 bits per heavy atom. The van der Waals surface area contributed by atoms with Gasteiger partial charge < -0.3 is 25.5 Å². The third-order valence-electron chi connectivity index (χ3n) is 2.36. The molecule has 0 aliphatic rings. The molecule has 0 aromatic carbocycles. The maximum atomic E-state index is 11.4. The molecule has 0 fully saturated rings. The van der Waals surface area contributed by atoms with Gasteiger partial charge in [-0.3, -0.25) is 9.36 Å². The van der Waals surface area contributed by atoms with Gasteiger partial charge in [0, 0.05) is 33.7 Å². The third-order valence-corrected chi connectivity index (χ3v) is 2.36. The van der Waals surface area contributed by atoms with Crippen LogP contribution in [0.15, 0.2) is 6.33 Å². The molecule has 19 heavy (non-hydrogen) atoms. The number of aromatic nitrogens is 2. The fraction of sp³-hybridized carbons (Fsp3) is 0.600. The van der Waals surface area contributed by atoms with Crippen molar-refractivity contribution in [3.05, 3.63) is 16.4 Å². The zero-order valence-corrected chi connectivity index (χ0v) is 10.9. The summed E-state index contributed by atoms with van der Waals surface area (Å²) in [5, 5.41) is 16.2. The monoisotopic (exact) mass is 271 g/mol. The molecule has 0 radical (unpaired) electrons. The summed E-state index contributed by atoms with van der Waals surface area (Å²) in [5.41, 5.74) is 0. The van der Waals surface area contributed by atoms with Crippen LogP contribution < -0.4 is 10.6 Å². The van der Waals surface area contributed by atoms with Crippen LogP contribution in [0.5, 0.6) is 0 Å². The van der Waals surface area contributed by atoms with E-state index in [-0.39, 0.29) is 24.0 Å². The number of imidazole rings is 1. The number of anilines is 1. The van der Waals surface area contributed by atoms with Crippen molar-refractivity contribution in [1.82, 2.24) is 14.9 Å². The van der Waals surface area contributed by atoms with Crippen LogP contribution in [0.1, 0.15) is 6.42 Å². The topological polar surface area (TPSA) is 111 Å². The van der Waals surface area contributed by atoms with Gasteiger partial charge in [-0.05, 0) is 9.91 Å². The molecule has 0 bridgehead atoms. The minimum atomic E-state index is -0.568. The standard InChI is InChI=1S/C10H17N5O4/c1-14-7-13-10(15(17)18)9(14)12-4-3-8(16)11-5-6-19-2/h7,12H,3-6H2,1-2H3,(H,11,16). The number of amides is 1. The highest BCUT2D eigenvalue weighted by atomic mass is 16.6. The molecule has 0 atom stereocenters. The van der Waals surface area contributed by atoms with Gasteiger partial charge in [0.1, 0.15) is 0 Å². The van der Waals surface area contributed by atoms with Crippen LogP contribution in [0.3, 0.4) is 0 Å². The van der Waals surface area contributed by atoms with Gasteiger partial charge in [0.25, 0.3) is 0 Å². The van der Waals surface area contributed by atoms with E-state index in [1.165, 1.54) is 10.9 Å². The van der Waals surface area contributed by atoms with E-state index in [0.717, 1.165) is 0 Å². The number of hydrogen-bond donors (Lipinski definition) is 2. The molecule has 0 aliphatic carbocycles. The van der Waals surface area contributed by atoms with Crippen LogP contribution in [0, 0.1) is 10.1 Å². The van der Waals surface area contributed by atoms with Crippen LogP contribution >= 0.6 is 0 Å². The lowest BCUT2D eigenvalue weighted by molar-refractivity contribution is -0.388. The van der Waals surface area contributed by atoms with Crippen LogP contribution in [-0.4, -0.2) is 47.2 Å². The Hall–Kier alpha value is -2.16. The largest absolute Gasteiger partial charge is 0.406 e. The first-order valence-corrected chi connectivity index (χ1v) is 5.71. The van der Waals surface area contributed by atoms with E-state index in [2.05, 4.69) is 15.6 Å². The number of aryl methyl sites for hydroxylation is 1. The van der Waals surface area contributed by atoms with Crippen molar-refractivity contribution >= 4 is 17.5 Å². The third kappa shape index (κ3) is 4.54. The molecule has 0 saturated carbocycles. The van der Waals surface area contributed by atoms with Gasteiger partial charge in [-0.25, -0.2) is 0 Å². The molecule has 0 aliphatic heterocycles. The highest BCUT2D eigenvalue weighted by molar-refractivity contribution is 5.76. The normalized spacial score (nSPS) is 10.2. The van der Waals surface area contributed by atoms with Crippen LogP contribution in [0.4, 0.5) is 11.6 Å². The molecule has 9 nitrogen and oxygen atoms in total. The fourth-order valence-corrected chi connectivity index (χ4v) is 1.43. The van der Waals surface area contributed by atoms with Crippen molar-refractivity contribution in [2.75, 3.05) is 32.1 Å². The molecule has 1 heterocycles. The molecule has 1 rings (SSSR count). The van der Waals surface area contributed by atoms with E-state index in [0.29, 0.717) is 19.7 Å². The molecule has 0 spiro atoms. The summed E-state index contributed by atoms with van der Waals surface area (Å²) in [6.45, 7) is 1.19. The SMILES string of the molecule is COCCNC(=O)CCNc1c([N+](=O)[O-])ncn1C. The first-order valence-electron chi connectivity index (χ1n) is 5.71. The Bertz CT molecular complexity index is 445. The van der Waals surface area contributed by atoms with E-state index in [9.17, 15) is 14.9 Å². The van der Waals surface area contributed by atoms with E-state index >= 15 is 0 Å². The maximum absolute atomic E-state index is 11.4. The second-order valence-electron chi connectivity index (χ2n) is 3.80. The smallest absolute Gasteiger partial charge is 0.383 e. The van der Waals surface area contributed by atoms with E-state index in [1.54, 1.807) is 14.2 Å². The van der Waals surface area contributed by atoms with E-state index in [4.69, 9.17) is 4.74 Å². The second-order valence-corrected chi connectivity index (χ2v) is 3.80. The number of rotatable bonds is 8. The average Bonchev–Trinajstić information content (AvgIpc) is 2.72. The molecule has 2 N–H and O–H groups in total. The Labute approximate surface area is 110 Å². The summed E-state index contributed by atoms with van der Waals surface area (Å²) in [6.07, 6.45) is 1.56. The maximum Gasteiger partial charge on any atom is 0.406 e. The first-order chi connectivity index (χ1) is 9.06. The minimum absolute atomic E-state index is 0.144. The first kappa shape index (κ1) is 14.9. The molecule has 9 heteroatoms. The number of hydrogen-bond acceptors (Lipinski definition) is 6. The van der Waals surface area contributed by atoms with Crippen LogP contribution in [-0.2, 0) is 16.6 Å². The number of carbonyl (C=O) groups excluding carboxylic acids is 1. The zero-order chi connectivity index (χ0) is 14.3. The fourth-order valence-electron chi connectivity index (χ4n) is 1.43. The van der Waals surface area contributed by atoms with Crippen molar-refractivity contribution in [2.24, 2.45) is 7.05 Å². The van der Waals surface area contributed by atoms with Gasteiger partial charge in [-0.15, -0.1) is 0 Å². The molecular weight excluding hydrogens is 254 g/mol. The highest BCUT2D eigenvalue weighted by Crippen LogP contribution is 2.20. The average molecular weight is 271 g/mol. The predicted octanol–water partition coefficient (Wildman–Crippen LogP) is -0.107. The number of nitrogens with zero attached hydrogens (tertiary/aromatic N) is 3. The number of nitrogens with one attached hydrogen (secondary N) is 2. The Kier molecular flexibility index (Phi) is 5.73. The van der Waals surface area contributed by atoms with Gasteiger partial charge in [-0.2, -0.15) is 0 Å². The van der Waals surface area contributed by atoms with Gasteiger partial charge in [0.15, 0.2) is 0 Å². The summed E-state index contributed by atoms with van der Waals surface area (Å²) in [4.78, 5) is 25.2. The van der Waals surface area contributed by atoms with Gasteiger partial charge >= 0.3 is 5.82 Å². The molecular formula is C10H17N5O4. The molecule has 1 aromatic rings. The van der Waals surface area contributed by atoms with Crippen LogP contribution in [0.25, 0.3) is 0 Å². The quantitative estimate of drug-likeness (QED) is 0.388. The predicted molar refractivity (Wildman–Crippen MR) is 67.9 cm³/mol. The van der Waals surface area contributed by atoms with Gasteiger partial charge in [0.2, 0.25) is 18.1 Å². The van der Waals surface area contributed by atoms with Gasteiger partial charge in [0.05, 0.1) is 6.61 Å². The summed E-state index contributed by atoms with van der Waals surface area (Å²) < 4.78 is 6.30. The minimum Gasteiger partial charge on any atom is -0.383 e. The lowest BCUT2D eigenvalue weighted by Crippen LogP contribution is -2.28. The Morgan fingerprint density at radius 2 is 2.32 bits per heavy atom. The van der Waals surface area contributed by atoms with Crippen molar-refractivity contribution in [2.45, 2.75) is 6.42 Å². The lowest BCUT2D eigenvalue weighted by atomic mass is 10.4. The molecule has 1 amide bonds. The summed E-state index contributed by atoms with van der Waals surface area (Å²) in [6, 6.07) is 0. The lowest BCUT2D eigenvalue weighted by Gasteiger charge is -2.07. The van der Waals surface area contributed by atoms with Crippen molar-refractivity contribution in [3.8, 4) is 0 Å². The Morgan fingerprint density at radius 1 is 1.58 bits per heavy atom. The number of carbonyl (C=O) groups is 1. The van der Waals surface area contributed by atoms with Crippen molar-refractivity contribution < 1.29 is 14.5 Å². The zero-order valence-electron chi connectivity index (χ0n) is 10.9. The molecule has 0 unspecified atom stereocenters. The molecule has 1 aromatic heterocycles. The van der Waals surface area contributed by atoms with E-state index < -0.39 is 4.92 Å². The number of ether oxygens (including phenoxy) is 1. The molecule has 106 valence electrons. The van der Waals surface area contributed by atoms with Crippen molar-refractivity contribution in [3.63, 3.8) is 0 Å². The second kappa shape index (κ2) is 7.31. The summed E-state index contributed by atoms with van der Waals surface area (Å²) in [5.74, 6) is -0.105. The summed E-state index contributed by atoms with van der Waals surface area (Å²) >= 11 is 0. The Balaban J connectivity index is 2.39. The molecule has 0 saturated heterocycles. The van der Waals surface area contributed by atoms with Crippen molar-refractivity contribution in [1.29, 1.82) is 0 Å². The summed E-state index contributed by atoms with van der Waals surface area (Å²) in [7, 11) is 3.19. The van der Waals surface area contributed by atoms with Gasteiger partial charge in [-0.1, -0.05) is 0 Å². The number of nitro groups is 1. The highest BCUT2D eigenvalue weighted by Gasteiger charge is 2.19. The van der Waals surface area contributed by atoms with Crippen LogP contribution in [0.2, 0.25) is 0 Å².